The molecule has 1 aliphatic heterocycles. The van der Waals surface area contributed by atoms with Crippen LogP contribution >= 0.6 is 0 Å². The van der Waals surface area contributed by atoms with Gasteiger partial charge in [-0.15, -0.1) is 0 Å². The van der Waals surface area contributed by atoms with Crippen molar-refractivity contribution in [3.8, 4) is 0 Å². The zero-order valence-electron chi connectivity index (χ0n) is 15.6. The minimum Gasteiger partial charge on any atom is -0.466 e. The van der Waals surface area contributed by atoms with E-state index in [1.807, 2.05) is 13.0 Å². The summed E-state index contributed by atoms with van der Waals surface area (Å²) in [5.74, 6) is 2.16. The minimum absolute atomic E-state index is 0.325. The number of piperazine rings is 1. The molecule has 2 aromatic rings. The van der Waals surface area contributed by atoms with Crippen LogP contribution < -0.4 is 5.32 Å². The van der Waals surface area contributed by atoms with Crippen molar-refractivity contribution in [1.82, 2.24) is 20.3 Å². The molecule has 0 saturated carbocycles. The summed E-state index contributed by atoms with van der Waals surface area (Å²) in [4.78, 5) is 8.90. The number of hydrogen-bond acceptors (Lipinski definition) is 6. The largest absolute Gasteiger partial charge is 0.466 e. The molecule has 0 amide bonds. The van der Waals surface area contributed by atoms with Crippen molar-refractivity contribution in [2.75, 3.05) is 39.8 Å². The molecule has 8 nitrogen and oxygen atoms in total. The van der Waals surface area contributed by atoms with E-state index in [4.69, 9.17) is 8.94 Å². The van der Waals surface area contributed by atoms with E-state index < -0.39 is 5.60 Å². The SMILES string of the molecule is CN=C(NCC(C)(O)c1ccco1)N1CCN(Cc2cc(C)on2)CC1. The summed E-state index contributed by atoms with van der Waals surface area (Å²) in [6.45, 7) is 8.31. The van der Waals surface area contributed by atoms with Crippen LogP contribution in [0.3, 0.4) is 0 Å². The van der Waals surface area contributed by atoms with Crippen molar-refractivity contribution in [3.63, 3.8) is 0 Å². The third kappa shape index (κ3) is 4.44. The average molecular weight is 361 g/mol. The summed E-state index contributed by atoms with van der Waals surface area (Å²) in [6, 6.07) is 5.52. The lowest BCUT2D eigenvalue weighted by Crippen LogP contribution is -2.53. The lowest BCUT2D eigenvalue weighted by molar-refractivity contribution is 0.0376. The Labute approximate surface area is 153 Å². The molecule has 3 heterocycles. The molecule has 0 spiro atoms. The number of aromatic nitrogens is 1. The second kappa shape index (κ2) is 7.92. The topological polar surface area (TPSA) is 90.3 Å². The fraction of sp³-hybridized carbons (Fsp3) is 0.556. The van der Waals surface area contributed by atoms with Crippen molar-refractivity contribution < 1.29 is 14.0 Å². The van der Waals surface area contributed by atoms with Gasteiger partial charge in [-0.1, -0.05) is 5.16 Å². The molecule has 3 rings (SSSR count). The van der Waals surface area contributed by atoms with Gasteiger partial charge in [0.2, 0.25) is 0 Å². The lowest BCUT2D eigenvalue weighted by atomic mass is 10.0. The minimum atomic E-state index is -1.09. The fourth-order valence-corrected chi connectivity index (χ4v) is 3.09. The molecule has 1 atom stereocenters. The maximum absolute atomic E-state index is 10.6. The number of aliphatic imine (C=N–C) groups is 1. The van der Waals surface area contributed by atoms with E-state index in [-0.39, 0.29) is 0 Å². The van der Waals surface area contributed by atoms with Gasteiger partial charge < -0.3 is 24.3 Å². The Morgan fingerprint density at radius 1 is 1.38 bits per heavy atom. The quantitative estimate of drug-likeness (QED) is 0.610. The first-order chi connectivity index (χ1) is 12.5. The second-order valence-electron chi connectivity index (χ2n) is 6.84. The van der Waals surface area contributed by atoms with E-state index in [1.165, 1.54) is 0 Å². The fourth-order valence-electron chi connectivity index (χ4n) is 3.09. The summed E-state index contributed by atoms with van der Waals surface area (Å²) in [5.41, 5.74) is -0.125. The van der Waals surface area contributed by atoms with Gasteiger partial charge in [0.1, 0.15) is 17.1 Å². The Morgan fingerprint density at radius 3 is 2.73 bits per heavy atom. The molecule has 0 radical (unpaired) electrons. The highest BCUT2D eigenvalue weighted by molar-refractivity contribution is 5.80. The Balaban J connectivity index is 1.49. The molecule has 142 valence electrons. The average Bonchev–Trinajstić information content (AvgIpc) is 3.29. The molecule has 1 aliphatic rings. The molecule has 0 aliphatic carbocycles. The molecule has 1 fully saturated rings. The number of rotatable bonds is 5. The Bertz CT molecular complexity index is 715. The molecule has 26 heavy (non-hydrogen) atoms. The third-order valence-electron chi connectivity index (χ3n) is 4.59. The smallest absolute Gasteiger partial charge is 0.193 e. The predicted molar refractivity (Wildman–Crippen MR) is 97.7 cm³/mol. The van der Waals surface area contributed by atoms with Gasteiger partial charge in [-0.25, -0.2) is 0 Å². The standard InChI is InChI=1S/C18H27N5O3/c1-14-11-15(21-26-14)12-22-6-8-23(9-7-22)17(19-3)20-13-18(2,24)16-5-4-10-25-16/h4-5,10-11,24H,6-9,12-13H2,1-3H3,(H,19,20). The zero-order chi connectivity index (χ0) is 18.6. The molecule has 2 N–H and O–H groups in total. The molecular weight excluding hydrogens is 334 g/mol. The summed E-state index contributed by atoms with van der Waals surface area (Å²) < 4.78 is 10.4. The van der Waals surface area contributed by atoms with Gasteiger partial charge >= 0.3 is 0 Å². The van der Waals surface area contributed by atoms with Gasteiger partial charge in [0.15, 0.2) is 5.96 Å². The van der Waals surface area contributed by atoms with Crippen LogP contribution in [0.4, 0.5) is 0 Å². The van der Waals surface area contributed by atoms with Crippen LogP contribution in [0.5, 0.6) is 0 Å². The number of nitrogens with zero attached hydrogens (tertiary/aromatic N) is 4. The number of guanidine groups is 1. The summed E-state index contributed by atoms with van der Waals surface area (Å²) >= 11 is 0. The molecule has 1 unspecified atom stereocenters. The summed E-state index contributed by atoms with van der Waals surface area (Å²) in [6.07, 6.45) is 1.56. The van der Waals surface area contributed by atoms with Gasteiger partial charge in [0, 0.05) is 45.8 Å². The van der Waals surface area contributed by atoms with Crippen molar-refractivity contribution in [1.29, 1.82) is 0 Å². The van der Waals surface area contributed by atoms with Gasteiger partial charge in [-0.2, -0.15) is 0 Å². The molecule has 2 aromatic heterocycles. The number of furan rings is 1. The first kappa shape index (κ1) is 18.5. The Hall–Kier alpha value is -2.32. The third-order valence-corrected chi connectivity index (χ3v) is 4.59. The molecule has 8 heteroatoms. The normalized spacial score (nSPS) is 18.8. The van der Waals surface area contributed by atoms with E-state index in [9.17, 15) is 5.11 Å². The van der Waals surface area contributed by atoms with Gasteiger partial charge in [0.25, 0.3) is 0 Å². The van der Waals surface area contributed by atoms with Crippen LogP contribution in [0, 0.1) is 6.92 Å². The molecule has 1 saturated heterocycles. The number of aryl methyl sites for hydroxylation is 1. The van der Waals surface area contributed by atoms with Crippen molar-refractivity contribution in [2.24, 2.45) is 4.99 Å². The Kier molecular flexibility index (Phi) is 5.63. The van der Waals surface area contributed by atoms with Gasteiger partial charge in [0.05, 0.1) is 18.5 Å². The maximum Gasteiger partial charge on any atom is 0.193 e. The summed E-state index contributed by atoms with van der Waals surface area (Å²) in [5, 5.41) is 17.9. The van der Waals surface area contributed by atoms with Crippen LogP contribution in [-0.2, 0) is 12.1 Å². The van der Waals surface area contributed by atoms with Crippen LogP contribution in [0.15, 0.2) is 38.4 Å². The van der Waals surface area contributed by atoms with E-state index in [1.54, 1.807) is 32.4 Å². The molecule has 0 bridgehead atoms. The van der Waals surface area contributed by atoms with Crippen LogP contribution in [0.1, 0.15) is 24.1 Å². The molecule has 0 aromatic carbocycles. The zero-order valence-corrected chi connectivity index (χ0v) is 15.6. The first-order valence-corrected chi connectivity index (χ1v) is 8.84. The van der Waals surface area contributed by atoms with Crippen molar-refractivity contribution >= 4 is 5.96 Å². The van der Waals surface area contributed by atoms with Crippen molar-refractivity contribution in [2.45, 2.75) is 26.0 Å². The van der Waals surface area contributed by atoms with Crippen molar-refractivity contribution in [3.05, 3.63) is 41.7 Å². The summed E-state index contributed by atoms with van der Waals surface area (Å²) in [7, 11) is 1.76. The number of hydrogen-bond donors (Lipinski definition) is 2. The van der Waals surface area contributed by atoms with E-state index in [2.05, 4.69) is 25.3 Å². The highest BCUT2D eigenvalue weighted by Gasteiger charge is 2.28. The molecular formula is C18H27N5O3. The van der Waals surface area contributed by atoms with Gasteiger partial charge in [-0.3, -0.25) is 9.89 Å². The highest BCUT2D eigenvalue weighted by Crippen LogP contribution is 2.20. The van der Waals surface area contributed by atoms with Gasteiger partial charge in [-0.05, 0) is 26.0 Å². The van der Waals surface area contributed by atoms with E-state index in [0.717, 1.165) is 50.1 Å². The second-order valence-corrected chi connectivity index (χ2v) is 6.84. The van der Waals surface area contributed by atoms with Crippen LogP contribution in [-0.4, -0.2) is 65.8 Å². The van der Waals surface area contributed by atoms with E-state index in [0.29, 0.717) is 12.3 Å². The van der Waals surface area contributed by atoms with Crippen LogP contribution in [0.2, 0.25) is 0 Å². The monoisotopic (exact) mass is 361 g/mol. The number of nitrogens with one attached hydrogen (secondary N) is 1. The van der Waals surface area contributed by atoms with Crippen LogP contribution in [0.25, 0.3) is 0 Å². The number of aliphatic hydroxyl groups is 1. The maximum atomic E-state index is 10.6. The Morgan fingerprint density at radius 2 is 2.15 bits per heavy atom. The lowest BCUT2D eigenvalue weighted by Gasteiger charge is -2.36. The predicted octanol–water partition coefficient (Wildman–Crippen LogP) is 1.18. The van der Waals surface area contributed by atoms with E-state index >= 15 is 0 Å². The highest BCUT2D eigenvalue weighted by atomic mass is 16.5. The first-order valence-electron chi connectivity index (χ1n) is 8.84.